The highest BCUT2D eigenvalue weighted by molar-refractivity contribution is 6.47. The van der Waals surface area contributed by atoms with Crippen molar-refractivity contribution in [2.24, 2.45) is 0 Å². The molecule has 0 saturated carbocycles. The SMILES string of the molecule is CC(/C=C/B(O)O)NC(=O)OC(C)(C)C. The molecule has 0 aliphatic rings. The summed E-state index contributed by atoms with van der Waals surface area (Å²) in [6.07, 6.45) is 0.932. The first-order valence-corrected chi connectivity index (χ1v) is 4.74. The van der Waals surface area contributed by atoms with E-state index in [2.05, 4.69) is 5.32 Å². The summed E-state index contributed by atoms with van der Waals surface area (Å²) in [5, 5.41) is 19.6. The monoisotopic (exact) mass is 215 g/mol. The fraction of sp³-hybridized carbons (Fsp3) is 0.667. The number of amides is 1. The highest BCUT2D eigenvalue weighted by atomic mass is 16.6. The molecule has 1 unspecified atom stereocenters. The standard InChI is InChI=1S/C9H18BNO4/c1-7(5-6-10(13)14)11-8(12)15-9(2,3)4/h5-7,13-14H,1-4H3,(H,11,12)/b6-5+. The second-order valence-corrected chi connectivity index (χ2v) is 4.23. The normalized spacial score (nSPS) is 13.7. The van der Waals surface area contributed by atoms with Crippen molar-refractivity contribution in [3.05, 3.63) is 12.1 Å². The van der Waals surface area contributed by atoms with Gasteiger partial charge in [-0.2, -0.15) is 0 Å². The summed E-state index contributed by atoms with van der Waals surface area (Å²) in [4.78, 5) is 11.2. The number of nitrogens with one attached hydrogen (secondary N) is 1. The van der Waals surface area contributed by atoms with Crippen LogP contribution in [0.4, 0.5) is 4.79 Å². The molecule has 0 aliphatic carbocycles. The van der Waals surface area contributed by atoms with E-state index >= 15 is 0 Å². The summed E-state index contributed by atoms with van der Waals surface area (Å²) in [5.74, 6) is 1.17. The van der Waals surface area contributed by atoms with Crippen LogP contribution in [-0.4, -0.2) is 34.9 Å². The minimum absolute atomic E-state index is 0.318. The molecule has 86 valence electrons. The lowest BCUT2D eigenvalue weighted by Gasteiger charge is -2.20. The largest absolute Gasteiger partial charge is 0.480 e. The number of hydrogen-bond acceptors (Lipinski definition) is 4. The number of hydrogen-bond donors (Lipinski definition) is 3. The lowest BCUT2D eigenvalue weighted by molar-refractivity contribution is 0.0518. The number of carbonyl (C=O) groups excluding carboxylic acids is 1. The van der Waals surface area contributed by atoms with Crippen LogP contribution >= 0.6 is 0 Å². The minimum Gasteiger partial charge on any atom is -0.444 e. The van der Waals surface area contributed by atoms with Gasteiger partial charge in [0.05, 0.1) is 0 Å². The van der Waals surface area contributed by atoms with E-state index < -0.39 is 18.8 Å². The van der Waals surface area contributed by atoms with Gasteiger partial charge < -0.3 is 20.1 Å². The van der Waals surface area contributed by atoms with Crippen LogP contribution in [0.3, 0.4) is 0 Å². The summed E-state index contributed by atoms with van der Waals surface area (Å²) in [6.45, 7) is 7.00. The first kappa shape index (κ1) is 14.0. The Kier molecular flexibility index (Phi) is 5.39. The van der Waals surface area contributed by atoms with Gasteiger partial charge in [-0.05, 0) is 27.7 Å². The van der Waals surface area contributed by atoms with Gasteiger partial charge in [0.15, 0.2) is 0 Å². The van der Waals surface area contributed by atoms with Crippen molar-refractivity contribution < 1.29 is 19.6 Å². The average Bonchev–Trinajstić information content (AvgIpc) is 1.96. The topological polar surface area (TPSA) is 78.8 Å². The molecule has 0 aliphatic heterocycles. The van der Waals surface area contributed by atoms with Crippen molar-refractivity contribution in [2.45, 2.75) is 39.3 Å². The number of carbonyl (C=O) groups is 1. The molecule has 0 rings (SSSR count). The van der Waals surface area contributed by atoms with Gasteiger partial charge in [0.2, 0.25) is 0 Å². The number of alkyl carbamates (subject to hydrolysis) is 1. The summed E-state index contributed by atoms with van der Waals surface area (Å²) < 4.78 is 5.01. The lowest BCUT2D eigenvalue weighted by atomic mass is 9.91. The maximum Gasteiger partial charge on any atom is 0.480 e. The molecule has 0 aromatic heterocycles. The molecule has 0 aromatic carbocycles. The summed E-state index contributed by atoms with van der Waals surface area (Å²) >= 11 is 0. The Labute approximate surface area is 90.3 Å². The van der Waals surface area contributed by atoms with Gasteiger partial charge >= 0.3 is 13.2 Å². The summed E-state index contributed by atoms with van der Waals surface area (Å²) in [5.41, 5.74) is -0.538. The van der Waals surface area contributed by atoms with Gasteiger partial charge in [0.25, 0.3) is 0 Å². The predicted octanol–water partition coefficient (Wildman–Crippen LogP) is 0.468. The Morgan fingerprint density at radius 2 is 2.00 bits per heavy atom. The lowest BCUT2D eigenvalue weighted by Crippen LogP contribution is -2.37. The van der Waals surface area contributed by atoms with E-state index in [9.17, 15) is 4.79 Å². The minimum atomic E-state index is -1.51. The molecule has 15 heavy (non-hydrogen) atoms. The molecule has 5 nitrogen and oxygen atoms in total. The second-order valence-electron chi connectivity index (χ2n) is 4.23. The van der Waals surface area contributed by atoms with E-state index in [0.717, 1.165) is 0 Å². The fourth-order valence-corrected chi connectivity index (χ4v) is 0.808. The molecule has 0 bridgehead atoms. The smallest absolute Gasteiger partial charge is 0.444 e. The molecular formula is C9H18BNO4. The van der Waals surface area contributed by atoms with Crippen LogP contribution in [0.5, 0.6) is 0 Å². The van der Waals surface area contributed by atoms with Crippen LogP contribution in [0, 0.1) is 0 Å². The highest BCUT2D eigenvalue weighted by Gasteiger charge is 2.16. The van der Waals surface area contributed by atoms with E-state index in [1.807, 2.05) is 0 Å². The summed E-state index contributed by atoms with van der Waals surface area (Å²) in [7, 11) is -1.51. The third-order valence-electron chi connectivity index (χ3n) is 1.32. The maximum absolute atomic E-state index is 11.2. The molecule has 0 fully saturated rings. The fourth-order valence-electron chi connectivity index (χ4n) is 0.808. The van der Waals surface area contributed by atoms with Gasteiger partial charge in [0, 0.05) is 6.04 Å². The van der Waals surface area contributed by atoms with Crippen molar-refractivity contribution in [3.63, 3.8) is 0 Å². The molecule has 1 atom stereocenters. The van der Waals surface area contributed by atoms with Crippen molar-refractivity contribution in [2.75, 3.05) is 0 Å². The van der Waals surface area contributed by atoms with Gasteiger partial charge in [0.1, 0.15) is 5.60 Å². The number of ether oxygens (including phenoxy) is 1. The van der Waals surface area contributed by atoms with Crippen LogP contribution in [0.15, 0.2) is 12.1 Å². The zero-order chi connectivity index (χ0) is 12.1. The molecule has 0 aromatic rings. The van der Waals surface area contributed by atoms with E-state index in [-0.39, 0.29) is 6.04 Å². The van der Waals surface area contributed by atoms with Crippen LogP contribution in [0.2, 0.25) is 0 Å². The van der Waals surface area contributed by atoms with E-state index in [1.54, 1.807) is 27.7 Å². The average molecular weight is 215 g/mol. The van der Waals surface area contributed by atoms with Crippen LogP contribution in [-0.2, 0) is 4.74 Å². The molecule has 0 heterocycles. The van der Waals surface area contributed by atoms with Crippen molar-refractivity contribution >= 4 is 13.2 Å². The van der Waals surface area contributed by atoms with Gasteiger partial charge in [-0.15, -0.1) is 0 Å². The Balaban J connectivity index is 3.97. The van der Waals surface area contributed by atoms with Gasteiger partial charge in [-0.3, -0.25) is 0 Å². The van der Waals surface area contributed by atoms with Gasteiger partial charge in [-0.25, -0.2) is 4.79 Å². The zero-order valence-electron chi connectivity index (χ0n) is 9.52. The Morgan fingerprint density at radius 1 is 1.47 bits per heavy atom. The highest BCUT2D eigenvalue weighted by Crippen LogP contribution is 2.06. The van der Waals surface area contributed by atoms with Gasteiger partial charge in [-0.1, -0.05) is 12.1 Å². The third-order valence-corrected chi connectivity index (χ3v) is 1.32. The molecule has 3 N–H and O–H groups in total. The first-order chi connectivity index (χ1) is 6.70. The Morgan fingerprint density at radius 3 is 2.40 bits per heavy atom. The number of rotatable bonds is 3. The molecule has 0 radical (unpaired) electrons. The van der Waals surface area contributed by atoms with Crippen molar-refractivity contribution in [1.82, 2.24) is 5.32 Å². The Hall–Kier alpha value is -1.01. The van der Waals surface area contributed by atoms with Crippen molar-refractivity contribution in [3.8, 4) is 0 Å². The van der Waals surface area contributed by atoms with Crippen LogP contribution < -0.4 is 5.32 Å². The van der Waals surface area contributed by atoms with E-state index in [4.69, 9.17) is 14.8 Å². The van der Waals surface area contributed by atoms with E-state index in [1.165, 1.54) is 12.1 Å². The zero-order valence-corrected chi connectivity index (χ0v) is 9.52. The second kappa shape index (κ2) is 5.77. The molecule has 0 saturated heterocycles. The Bertz CT molecular complexity index is 235. The van der Waals surface area contributed by atoms with E-state index in [0.29, 0.717) is 0 Å². The maximum atomic E-state index is 11.2. The third kappa shape index (κ3) is 9.30. The predicted molar refractivity (Wildman–Crippen MR) is 58.2 cm³/mol. The first-order valence-electron chi connectivity index (χ1n) is 4.74. The van der Waals surface area contributed by atoms with Crippen LogP contribution in [0.25, 0.3) is 0 Å². The summed E-state index contributed by atoms with van der Waals surface area (Å²) in [6, 6.07) is -0.318. The van der Waals surface area contributed by atoms with Crippen LogP contribution in [0.1, 0.15) is 27.7 Å². The molecular weight excluding hydrogens is 197 g/mol. The molecule has 6 heteroatoms. The quantitative estimate of drug-likeness (QED) is 0.598. The molecule has 1 amide bonds. The molecule has 0 spiro atoms. The van der Waals surface area contributed by atoms with Crippen molar-refractivity contribution in [1.29, 1.82) is 0 Å².